The lowest BCUT2D eigenvalue weighted by molar-refractivity contribution is 1.02. The van der Waals surface area contributed by atoms with Crippen LogP contribution in [-0.4, -0.2) is 31.4 Å². The van der Waals surface area contributed by atoms with Crippen molar-refractivity contribution in [1.29, 1.82) is 0 Å². The topological polar surface area (TPSA) is 79.4 Å². The molecule has 0 aliphatic carbocycles. The molecule has 0 radical (unpaired) electrons. The zero-order valence-electron chi connectivity index (χ0n) is 9.58. The molecule has 6 nitrogen and oxygen atoms in total. The number of hydrogen-bond donors (Lipinski definition) is 2. The number of hydrogen-bond acceptors (Lipinski definition) is 6. The summed E-state index contributed by atoms with van der Waals surface area (Å²) >= 11 is 1.55. The van der Waals surface area contributed by atoms with Gasteiger partial charge in [0, 0.05) is 6.20 Å². The van der Waals surface area contributed by atoms with Gasteiger partial charge in [0.1, 0.15) is 17.2 Å². The van der Waals surface area contributed by atoms with Gasteiger partial charge in [0.2, 0.25) is 0 Å². The van der Waals surface area contributed by atoms with Crippen LogP contribution in [0.15, 0.2) is 35.9 Å². The van der Waals surface area contributed by atoms with E-state index in [4.69, 9.17) is 0 Å². The van der Waals surface area contributed by atoms with E-state index in [1.807, 2.05) is 18.4 Å². The normalized spacial score (nSPS) is 10.7. The number of H-pyrrole nitrogens is 1. The SMILES string of the molecule is CSc1n[nH]c2ncnc(Nc3cccnc3)c12. The van der Waals surface area contributed by atoms with Crippen molar-refractivity contribution in [2.45, 2.75) is 5.03 Å². The zero-order chi connectivity index (χ0) is 12.4. The molecule has 0 saturated heterocycles. The minimum Gasteiger partial charge on any atom is -0.338 e. The summed E-state index contributed by atoms with van der Waals surface area (Å²) in [6.45, 7) is 0. The molecule has 3 rings (SSSR count). The summed E-state index contributed by atoms with van der Waals surface area (Å²) in [6.07, 6.45) is 6.94. The number of rotatable bonds is 3. The van der Waals surface area contributed by atoms with E-state index < -0.39 is 0 Å². The van der Waals surface area contributed by atoms with Gasteiger partial charge in [0.25, 0.3) is 0 Å². The Bertz CT molecular complexity index is 666. The van der Waals surface area contributed by atoms with Crippen molar-refractivity contribution in [2.75, 3.05) is 11.6 Å². The van der Waals surface area contributed by atoms with Gasteiger partial charge in [-0.25, -0.2) is 9.97 Å². The molecule has 3 aromatic heterocycles. The average molecular weight is 258 g/mol. The number of thioether (sulfide) groups is 1. The Morgan fingerprint density at radius 2 is 2.28 bits per heavy atom. The molecule has 0 amide bonds. The fraction of sp³-hybridized carbons (Fsp3) is 0.0909. The second kappa shape index (κ2) is 4.61. The number of anilines is 2. The first-order valence-corrected chi connectivity index (χ1v) is 6.51. The van der Waals surface area contributed by atoms with Gasteiger partial charge >= 0.3 is 0 Å². The highest BCUT2D eigenvalue weighted by Gasteiger charge is 2.11. The van der Waals surface area contributed by atoms with Crippen molar-refractivity contribution in [3.8, 4) is 0 Å². The minimum atomic E-state index is 0.723. The largest absolute Gasteiger partial charge is 0.338 e. The zero-order valence-corrected chi connectivity index (χ0v) is 10.4. The van der Waals surface area contributed by atoms with Crippen LogP contribution >= 0.6 is 11.8 Å². The van der Waals surface area contributed by atoms with E-state index in [0.29, 0.717) is 0 Å². The van der Waals surface area contributed by atoms with Crippen LogP contribution in [0.3, 0.4) is 0 Å². The van der Waals surface area contributed by atoms with Gasteiger partial charge in [-0.05, 0) is 18.4 Å². The quantitative estimate of drug-likeness (QED) is 0.701. The van der Waals surface area contributed by atoms with Gasteiger partial charge in [-0.3, -0.25) is 10.1 Å². The van der Waals surface area contributed by atoms with Gasteiger partial charge in [-0.15, -0.1) is 11.8 Å². The Balaban J connectivity index is 2.09. The fourth-order valence-electron chi connectivity index (χ4n) is 1.65. The van der Waals surface area contributed by atoms with Gasteiger partial charge in [-0.1, -0.05) is 0 Å². The molecule has 3 aromatic rings. The van der Waals surface area contributed by atoms with Crippen LogP contribution in [0.4, 0.5) is 11.5 Å². The third-order valence-electron chi connectivity index (χ3n) is 2.44. The first-order valence-electron chi connectivity index (χ1n) is 5.28. The number of aromatic amines is 1. The van der Waals surface area contributed by atoms with Gasteiger partial charge in [0.05, 0.1) is 17.3 Å². The van der Waals surface area contributed by atoms with Crippen molar-refractivity contribution in [3.63, 3.8) is 0 Å². The summed E-state index contributed by atoms with van der Waals surface area (Å²) in [6, 6.07) is 3.80. The lowest BCUT2D eigenvalue weighted by Gasteiger charge is -2.05. The maximum atomic E-state index is 4.26. The molecule has 3 heterocycles. The highest BCUT2D eigenvalue weighted by atomic mass is 32.2. The molecular weight excluding hydrogens is 248 g/mol. The summed E-state index contributed by atoms with van der Waals surface area (Å²) in [7, 11) is 0. The monoisotopic (exact) mass is 258 g/mol. The number of nitrogens with zero attached hydrogens (tertiary/aromatic N) is 4. The predicted molar refractivity (Wildman–Crippen MR) is 71.0 cm³/mol. The Morgan fingerprint density at radius 3 is 3.06 bits per heavy atom. The number of nitrogens with one attached hydrogen (secondary N) is 2. The second-order valence-corrected chi connectivity index (χ2v) is 4.34. The molecule has 0 aromatic carbocycles. The standard InChI is InChI=1S/C11H10N6S/c1-18-11-8-9(13-6-14-10(8)16-17-11)15-7-3-2-4-12-5-7/h2-6H,1H3,(H2,13,14,15,16,17). The molecule has 0 saturated carbocycles. The Kier molecular flexibility index (Phi) is 2.81. The Morgan fingerprint density at radius 1 is 1.33 bits per heavy atom. The van der Waals surface area contributed by atoms with Crippen LogP contribution in [0.5, 0.6) is 0 Å². The summed E-state index contributed by atoms with van der Waals surface area (Å²) in [5, 5.41) is 12.1. The number of pyridine rings is 1. The third-order valence-corrected chi connectivity index (χ3v) is 3.12. The van der Waals surface area contributed by atoms with E-state index in [-0.39, 0.29) is 0 Å². The third kappa shape index (κ3) is 1.88. The summed E-state index contributed by atoms with van der Waals surface area (Å²) in [5.41, 5.74) is 1.60. The maximum absolute atomic E-state index is 4.26. The van der Waals surface area contributed by atoms with E-state index in [2.05, 4.69) is 30.5 Å². The molecule has 7 heteroatoms. The van der Waals surface area contributed by atoms with Gasteiger partial charge < -0.3 is 5.32 Å². The molecule has 0 aliphatic heterocycles. The first kappa shape index (κ1) is 11.0. The molecule has 0 aliphatic rings. The molecule has 0 bridgehead atoms. The molecule has 90 valence electrons. The highest BCUT2D eigenvalue weighted by molar-refractivity contribution is 7.98. The van der Waals surface area contributed by atoms with Gasteiger partial charge in [0.15, 0.2) is 5.65 Å². The average Bonchev–Trinajstić information content (AvgIpc) is 2.84. The Hall–Kier alpha value is -2.15. The number of aromatic nitrogens is 5. The van der Waals surface area contributed by atoms with Crippen LogP contribution in [-0.2, 0) is 0 Å². The van der Waals surface area contributed by atoms with E-state index in [9.17, 15) is 0 Å². The van der Waals surface area contributed by atoms with Gasteiger partial charge in [-0.2, -0.15) is 5.10 Å². The smallest absolute Gasteiger partial charge is 0.161 e. The van der Waals surface area contributed by atoms with Crippen molar-refractivity contribution < 1.29 is 0 Å². The van der Waals surface area contributed by atoms with Crippen LogP contribution in [0.25, 0.3) is 11.0 Å². The molecule has 0 unspecified atom stereocenters. The van der Waals surface area contributed by atoms with E-state index in [1.165, 1.54) is 6.33 Å². The van der Waals surface area contributed by atoms with E-state index in [1.54, 1.807) is 24.2 Å². The highest BCUT2D eigenvalue weighted by Crippen LogP contribution is 2.28. The summed E-state index contributed by atoms with van der Waals surface area (Å²) in [5.74, 6) is 0.728. The van der Waals surface area contributed by atoms with Crippen LogP contribution < -0.4 is 5.32 Å². The maximum Gasteiger partial charge on any atom is 0.161 e. The van der Waals surface area contributed by atoms with E-state index >= 15 is 0 Å². The summed E-state index contributed by atoms with van der Waals surface area (Å²) < 4.78 is 0. The van der Waals surface area contributed by atoms with Crippen molar-refractivity contribution in [3.05, 3.63) is 30.9 Å². The molecule has 18 heavy (non-hydrogen) atoms. The summed E-state index contributed by atoms with van der Waals surface area (Å²) in [4.78, 5) is 12.5. The van der Waals surface area contributed by atoms with Crippen molar-refractivity contribution in [1.82, 2.24) is 25.1 Å². The van der Waals surface area contributed by atoms with Crippen molar-refractivity contribution >= 4 is 34.3 Å². The van der Waals surface area contributed by atoms with Crippen LogP contribution in [0.2, 0.25) is 0 Å². The number of fused-ring (bicyclic) bond motifs is 1. The first-order chi connectivity index (χ1) is 8.88. The predicted octanol–water partition coefficient (Wildman–Crippen LogP) is 2.21. The van der Waals surface area contributed by atoms with E-state index in [0.717, 1.165) is 27.6 Å². The lowest BCUT2D eigenvalue weighted by Crippen LogP contribution is -1.95. The van der Waals surface area contributed by atoms with Crippen molar-refractivity contribution in [2.24, 2.45) is 0 Å². The molecule has 0 fully saturated rings. The Labute approximate surface area is 107 Å². The molecule has 2 N–H and O–H groups in total. The molecule has 0 spiro atoms. The fourth-order valence-corrected chi connectivity index (χ4v) is 2.18. The molecular formula is C11H10N6S. The van der Waals surface area contributed by atoms with Crippen LogP contribution in [0.1, 0.15) is 0 Å². The molecule has 0 atom stereocenters. The van der Waals surface area contributed by atoms with Crippen LogP contribution in [0, 0.1) is 0 Å². The lowest BCUT2D eigenvalue weighted by atomic mass is 10.3. The minimum absolute atomic E-state index is 0.723. The second-order valence-electron chi connectivity index (χ2n) is 3.55.